The van der Waals surface area contributed by atoms with Crippen molar-refractivity contribution in [3.63, 3.8) is 0 Å². The van der Waals surface area contributed by atoms with Gasteiger partial charge in [0.25, 0.3) is 0 Å². The maximum atomic E-state index is 12.7. The zero-order valence-electron chi connectivity index (χ0n) is 17.0. The highest BCUT2D eigenvalue weighted by molar-refractivity contribution is 5.92. The van der Waals surface area contributed by atoms with Gasteiger partial charge in [-0.3, -0.25) is 14.5 Å². The molecule has 0 aliphatic carbocycles. The number of amides is 2. The lowest BCUT2D eigenvalue weighted by atomic mass is 9.91. The van der Waals surface area contributed by atoms with Crippen molar-refractivity contribution in [2.45, 2.75) is 31.3 Å². The molecule has 1 fully saturated rings. The summed E-state index contributed by atoms with van der Waals surface area (Å²) in [4.78, 5) is 27.0. The highest BCUT2D eigenvalue weighted by Gasteiger charge is 2.32. The molecule has 0 saturated carbocycles. The normalized spacial score (nSPS) is 16.3. The fourth-order valence-electron chi connectivity index (χ4n) is 3.41. The Morgan fingerprint density at radius 1 is 1.00 bits per heavy atom. The molecule has 2 aromatic rings. The van der Waals surface area contributed by atoms with Crippen LogP contribution < -0.4 is 16.4 Å². The zero-order valence-corrected chi connectivity index (χ0v) is 18.7. The first kappa shape index (κ1) is 25.9. The quantitative estimate of drug-likeness (QED) is 0.628. The van der Waals surface area contributed by atoms with Gasteiger partial charge in [0.1, 0.15) is 5.54 Å². The summed E-state index contributed by atoms with van der Waals surface area (Å²) in [5.41, 5.74) is 6.83. The van der Waals surface area contributed by atoms with Crippen molar-refractivity contribution < 1.29 is 9.59 Å². The van der Waals surface area contributed by atoms with Gasteiger partial charge in [0.2, 0.25) is 11.8 Å². The largest absolute Gasteiger partial charge is 0.351 e. The Balaban J connectivity index is 0.00000225. The molecule has 1 heterocycles. The number of carbonyl (C=O) groups excluding carboxylic acids is 2. The van der Waals surface area contributed by atoms with Gasteiger partial charge in [-0.15, -0.1) is 24.8 Å². The van der Waals surface area contributed by atoms with Crippen molar-refractivity contribution in [3.05, 3.63) is 66.2 Å². The lowest BCUT2D eigenvalue weighted by Crippen LogP contribution is -2.54. The van der Waals surface area contributed by atoms with Crippen LogP contribution in [0.15, 0.2) is 60.7 Å². The van der Waals surface area contributed by atoms with Gasteiger partial charge in [0, 0.05) is 24.8 Å². The first-order valence-electron chi connectivity index (χ1n) is 9.68. The number of para-hydroxylation sites is 1. The number of anilines is 1. The number of rotatable bonds is 6. The molecular formula is C22H30Cl2N4O2. The molecule has 6 nitrogen and oxygen atoms in total. The van der Waals surface area contributed by atoms with Crippen LogP contribution in [0.25, 0.3) is 0 Å². The molecule has 164 valence electrons. The van der Waals surface area contributed by atoms with Crippen LogP contribution in [0.4, 0.5) is 5.69 Å². The van der Waals surface area contributed by atoms with Gasteiger partial charge in [-0.2, -0.15) is 0 Å². The van der Waals surface area contributed by atoms with E-state index in [0.717, 1.165) is 37.2 Å². The first-order valence-corrected chi connectivity index (χ1v) is 9.68. The molecule has 0 spiro atoms. The number of nitrogens with one attached hydrogen (secondary N) is 2. The van der Waals surface area contributed by atoms with Gasteiger partial charge in [-0.25, -0.2) is 0 Å². The summed E-state index contributed by atoms with van der Waals surface area (Å²) in [5.74, 6) is -0.189. The van der Waals surface area contributed by atoms with E-state index in [1.165, 1.54) is 0 Å². The second-order valence-corrected chi connectivity index (χ2v) is 7.51. The molecule has 8 heteroatoms. The Morgan fingerprint density at radius 3 is 2.10 bits per heavy atom. The summed E-state index contributed by atoms with van der Waals surface area (Å²) in [6.45, 7) is 3.62. The Hall–Kier alpha value is -2.12. The van der Waals surface area contributed by atoms with Crippen molar-refractivity contribution in [1.29, 1.82) is 0 Å². The van der Waals surface area contributed by atoms with E-state index in [1.807, 2.05) is 60.7 Å². The molecule has 1 atom stereocenters. The predicted octanol–water partition coefficient (Wildman–Crippen LogP) is 2.92. The van der Waals surface area contributed by atoms with Crippen molar-refractivity contribution in [2.75, 3.05) is 25.0 Å². The molecule has 2 aromatic carbocycles. The summed E-state index contributed by atoms with van der Waals surface area (Å²) in [6, 6.07) is 18.9. The second kappa shape index (κ2) is 11.9. The number of carbonyl (C=O) groups is 2. The first-order chi connectivity index (χ1) is 13.4. The molecule has 30 heavy (non-hydrogen) atoms. The summed E-state index contributed by atoms with van der Waals surface area (Å²) >= 11 is 0. The number of hydrogen-bond acceptors (Lipinski definition) is 4. The van der Waals surface area contributed by atoms with E-state index in [9.17, 15) is 9.59 Å². The summed E-state index contributed by atoms with van der Waals surface area (Å²) in [6.07, 6.45) is 1.60. The van der Waals surface area contributed by atoms with Crippen molar-refractivity contribution in [3.8, 4) is 0 Å². The van der Waals surface area contributed by atoms with Crippen LogP contribution in [-0.4, -0.2) is 42.4 Å². The van der Waals surface area contributed by atoms with Crippen LogP contribution in [0.3, 0.4) is 0 Å². The number of likely N-dealkylation sites (tertiary alicyclic amines) is 1. The Morgan fingerprint density at radius 2 is 1.53 bits per heavy atom. The van der Waals surface area contributed by atoms with E-state index in [-0.39, 0.29) is 42.7 Å². The van der Waals surface area contributed by atoms with Crippen LogP contribution in [0.2, 0.25) is 0 Å². The van der Waals surface area contributed by atoms with Gasteiger partial charge in [0.15, 0.2) is 0 Å². The van der Waals surface area contributed by atoms with Crippen molar-refractivity contribution >= 4 is 42.3 Å². The summed E-state index contributed by atoms with van der Waals surface area (Å²) in [7, 11) is 0. The second-order valence-electron chi connectivity index (χ2n) is 7.51. The Bertz CT molecular complexity index is 795. The third-order valence-electron chi connectivity index (χ3n) is 5.19. The van der Waals surface area contributed by atoms with E-state index in [1.54, 1.807) is 6.92 Å². The molecule has 0 aromatic heterocycles. The van der Waals surface area contributed by atoms with Gasteiger partial charge >= 0.3 is 0 Å². The topological polar surface area (TPSA) is 87.5 Å². The number of piperidine rings is 1. The Kier molecular flexibility index (Phi) is 10.3. The number of nitrogens with two attached hydrogens (primary N) is 1. The third kappa shape index (κ3) is 6.99. The maximum Gasteiger partial charge on any atom is 0.244 e. The minimum Gasteiger partial charge on any atom is -0.351 e. The number of halogens is 2. The standard InChI is InChI=1S/C22H28N4O2.2ClH/c1-22(23,17-8-4-2-5-9-17)21(28)25-19-12-14-26(15-13-19)16-20(27)24-18-10-6-3-7-11-18;;/h2-11,19H,12-16,23H2,1H3,(H,24,27)(H,25,28);2*1H. The minimum absolute atomic E-state index is 0. The van der Waals surface area contributed by atoms with Gasteiger partial charge in [-0.1, -0.05) is 48.5 Å². The van der Waals surface area contributed by atoms with Crippen LogP contribution in [0.5, 0.6) is 0 Å². The maximum absolute atomic E-state index is 12.7. The highest BCUT2D eigenvalue weighted by Crippen LogP contribution is 2.19. The molecule has 1 aliphatic heterocycles. The van der Waals surface area contributed by atoms with Crippen molar-refractivity contribution in [2.24, 2.45) is 5.73 Å². The minimum atomic E-state index is -1.06. The smallest absolute Gasteiger partial charge is 0.244 e. The molecule has 0 radical (unpaired) electrons. The molecule has 4 N–H and O–H groups in total. The van der Waals surface area contributed by atoms with E-state index >= 15 is 0 Å². The van der Waals surface area contributed by atoms with Crippen molar-refractivity contribution in [1.82, 2.24) is 10.2 Å². The predicted molar refractivity (Wildman–Crippen MR) is 125 cm³/mol. The number of nitrogens with zero attached hydrogens (tertiary/aromatic N) is 1. The van der Waals surface area contributed by atoms with E-state index < -0.39 is 5.54 Å². The molecular weight excluding hydrogens is 423 g/mol. The highest BCUT2D eigenvalue weighted by atomic mass is 35.5. The lowest BCUT2D eigenvalue weighted by Gasteiger charge is -2.34. The number of benzene rings is 2. The monoisotopic (exact) mass is 452 g/mol. The van der Waals surface area contributed by atoms with Gasteiger partial charge in [0.05, 0.1) is 6.54 Å². The molecule has 1 aliphatic rings. The molecule has 2 amide bonds. The van der Waals surface area contributed by atoms with Gasteiger partial charge < -0.3 is 16.4 Å². The lowest BCUT2D eigenvalue weighted by molar-refractivity contribution is -0.127. The average Bonchev–Trinajstić information content (AvgIpc) is 2.71. The Labute approximate surface area is 190 Å². The van der Waals surface area contributed by atoms with Crippen LogP contribution in [-0.2, 0) is 15.1 Å². The van der Waals surface area contributed by atoms with E-state index in [2.05, 4.69) is 15.5 Å². The van der Waals surface area contributed by atoms with Crippen LogP contribution in [0.1, 0.15) is 25.3 Å². The average molecular weight is 453 g/mol. The van der Waals surface area contributed by atoms with Gasteiger partial charge in [-0.05, 0) is 37.5 Å². The molecule has 3 rings (SSSR count). The summed E-state index contributed by atoms with van der Waals surface area (Å²) < 4.78 is 0. The number of hydrogen-bond donors (Lipinski definition) is 3. The fourth-order valence-corrected chi connectivity index (χ4v) is 3.41. The molecule has 0 bridgehead atoms. The SMILES string of the molecule is CC(N)(C(=O)NC1CCN(CC(=O)Nc2ccccc2)CC1)c1ccccc1.Cl.Cl. The zero-order chi connectivity index (χ0) is 20.0. The van der Waals surface area contributed by atoms with E-state index in [4.69, 9.17) is 5.73 Å². The molecule has 1 unspecified atom stereocenters. The van der Waals surface area contributed by atoms with E-state index in [0.29, 0.717) is 6.54 Å². The molecule has 1 saturated heterocycles. The fraction of sp³-hybridized carbons (Fsp3) is 0.364. The summed E-state index contributed by atoms with van der Waals surface area (Å²) in [5, 5.41) is 5.98. The van der Waals surface area contributed by atoms with Crippen LogP contribution >= 0.6 is 24.8 Å². The third-order valence-corrected chi connectivity index (χ3v) is 5.19. The van der Waals surface area contributed by atoms with Crippen LogP contribution in [0, 0.1) is 0 Å².